The second-order valence-corrected chi connectivity index (χ2v) is 6.82. The molecule has 20 heavy (non-hydrogen) atoms. The number of hydrogen-bond donors (Lipinski definition) is 0. The maximum Gasteiger partial charge on any atom is 0.266 e. The van der Waals surface area contributed by atoms with Crippen LogP contribution in [-0.4, -0.2) is 41.6 Å². The summed E-state index contributed by atoms with van der Waals surface area (Å²) in [5.41, 5.74) is 0.734. The number of thiazole rings is 1. The Hall–Kier alpha value is -0.940. The van der Waals surface area contributed by atoms with Crippen LogP contribution in [0.1, 0.15) is 53.0 Å². The van der Waals surface area contributed by atoms with Gasteiger partial charge >= 0.3 is 0 Å². The number of aryl methyl sites for hydroxylation is 2. The van der Waals surface area contributed by atoms with Crippen LogP contribution in [-0.2, 0) is 4.74 Å². The number of ether oxygens (including phenoxy) is 1. The standard InChI is InChI=1S/C15H24N2O2S/c1-5-7-15(10-19-4)8-6-9-17(15)14(18)13-11(2)16-12(3)20-13/h5-10H2,1-4H3/t15-/m0/s1. The third-order valence-corrected chi connectivity index (χ3v) is 5.13. The number of hydrogen-bond acceptors (Lipinski definition) is 4. The van der Waals surface area contributed by atoms with E-state index >= 15 is 0 Å². The zero-order valence-corrected chi connectivity index (χ0v) is 13.7. The normalized spacial score (nSPS) is 22.5. The maximum atomic E-state index is 12.9. The van der Waals surface area contributed by atoms with Gasteiger partial charge < -0.3 is 9.64 Å². The number of amides is 1. The first-order valence-electron chi connectivity index (χ1n) is 7.29. The molecule has 2 rings (SSSR count). The molecule has 0 saturated carbocycles. The van der Waals surface area contributed by atoms with Crippen LogP contribution in [0.25, 0.3) is 0 Å². The van der Waals surface area contributed by atoms with Crippen molar-refractivity contribution >= 4 is 17.2 Å². The van der Waals surface area contributed by atoms with E-state index in [4.69, 9.17) is 4.74 Å². The van der Waals surface area contributed by atoms with Crippen LogP contribution in [0.15, 0.2) is 0 Å². The van der Waals surface area contributed by atoms with Gasteiger partial charge in [0.15, 0.2) is 0 Å². The SMILES string of the molecule is CCC[C@@]1(COC)CCCN1C(=O)c1sc(C)nc1C. The quantitative estimate of drug-likeness (QED) is 0.838. The first-order valence-corrected chi connectivity index (χ1v) is 8.10. The number of nitrogens with zero attached hydrogens (tertiary/aromatic N) is 2. The highest BCUT2D eigenvalue weighted by atomic mass is 32.1. The fraction of sp³-hybridized carbons (Fsp3) is 0.733. The van der Waals surface area contributed by atoms with Gasteiger partial charge in [0.05, 0.1) is 22.8 Å². The van der Waals surface area contributed by atoms with E-state index in [1.165, 1.54) is 11.3 Å². The average molecular weight is 296 g/mol. The first kappa shape index (κ1) is 15.4. The van der Waals surface area contributed by atoms with E-state index in [0.29, 0.717) is 6.61 Å². The molecular formula is C15H24N2O2S. The highest BCUT2D eigenvalue weighted by Crippen LogP contribution is 2.36. The van der Waals surface area contributed by atoms with Crippen molar-refractivity contribution in [1.29, 1.82) is 0 Å². The molecule has 1 aromatic heterocycles. The predicted molar refractivity (Wildman–Crippen MR) is 81.4 cm³/mol. The maximum absolute atomic E-state index is 12.9. The van der Waals surface area contributed by atoms with E-state index in [1.807, 2.05) is 18.7 Å². The minimum Gasteiger partial charge on any atom is -0.382 e. The lowest BCUT2D eigenvalue weighted by Crippen LogP contribution is -2.50. The zero-order valence-electron chi connectivity index (χ0n) is 12.9. The summed E-state index contributed by atoms with van der Waals surface area (Å²) in [4.78, 5) is 20.1. The molecule has 112 valence electrons. The van der Waals surface area contributed by atoms with Crippen molar-refractivity contribution < 1.29 is 9.53 Å². The molecule has 0 aliphatic carbocycles. The number of rotatable bonds is 5. The molecule has 1 saturated heterocycles. The zero-order chi connectivity index (χ0) is 14.8. The van der Waals surface area contributed by atoms with E-state index in [2.05, 4.69) is 11.9 Å². The molecule has 0 N–H and O–H groups in total. The van der Waals surface area contributed by atoms with Gasteiger partial charge in [0.2, 0.25) is 0 Å². The second kappa shape index (κ2) is 6.22. The predicted octanol–water partition coefficient (Wildman–Crippen LogP) is 3.18. The van der Waals surface area contributed by atoms with Crippen molar-refractivity contribution in [3.05, 3.63) is 15.6 Å². The molecule has 1 amide bonds. The van der Waals surface area contributed by atoms with Crippen molar-refractivity contribution in [3.63, 3.8) is 0 Å². The van der Waals surface area contributed by atoms with E-state index in [9.17, 15) is 4.79 Å². The Balaban J connectivity index is 2.29. The van der Waals surface area contributed by atoms with Gasteiger partial charge in [-0.2, -0.15) is 0 Å². The van der Waals surface area contributed by atoms with Crippen LogP contribution in [0.4, 0.5) is 0 Å². The molecule has 0 radical (unpaired) electrons. The number of likely N-dealkylation sites (tertiary alicyclic amines) is 1. The lowest BCUT2D eigenvalue weighted by molar-refractivity contribution is 0.0257. The molecule has 0 bridgehead atoms. The molecule has 1 atom stereocenters. The molecule has 0 aromatic carbocycles. The van der Waals surface area contributed by atoms with Crippen LogP contribution in [0, 0.1) is 13.8 Å². The molecule has 5 heteroatoms. The largest absolute Gasteiger partial charge is 0.382 e. The summed E-state index contributed by atoms with van der Waals surface area (Å²) in [6.07, 6.45) is 4.17. The summed E-state index contributed by atoms with van der Waals surface area (Å²) in [7, 11) is 1.72. The highest BCUT2D eigenvalue weighted by Gasteiger charge is 2.43. The molecule has 4 nitrogen and oxygen atoms in total. The summed E-state index contributed by atoms with van der Waals surface area (Å²) in [6, 6.07) is 0. The van der Waals surface area contributed by atoms with Crippen LogP contribution in [0.2, 0.25) is 0 Å². The van der Waals surface area contributed by atoms with Crippen LogP contribution in [0.3, 0.4) is 0 Å². The molecular weight excluding hydrogens is 272 g/mol. The van der Waals surface area contributed by atoms with E-state index < -0.39 is 0 Å². The Kier molecular flexibility index (Phi) is 4.81. The third kappa shape index (κ3) is 2.74. The molecule has 1 aliphatic heterocycles. The van der Waals surface area contributed by atoms with Gasteiger partial charge in [0, 0.05) is 13.7 Å². The second-order valence-electron chi connectivity index (χ2n) is 5.62. The van der Waals surface area contributed by atoms with Crippen LogP contribution in [0.5, 0.6) is 0 Å². The fourth-order valence-electron chi connectivity index (χ4n) is 3.32. The number of aromatic nitrogens is 1. The molecule has 1 aromatic rings. The summed E-state index contributed by atoms with van der Waals surface area (Å²) in [5.74, 6) is 0.135. The molecule has 1 aliphatic rings. The minimum atomic E-state index is -0.120. The van der Waals surface area contributed by atoms with Crippen LogP contribution < -0.4 is 0 Å². The monoisotopic (exact) mass is 296 g/mol. The van der Waals surface area contributed by atoms with Crippen molar-refractivity contribution in [2.45, 2.75) is 52.0 Å². The van der Waals surface area contributed by atoms with Gasteiger partial charge in [-0.3, -0.25) is 4.79 Å². The summed E-state index contributed by atoms with van der Waals surface area (Å²) in [5, 5.41) is 0.956. The minimum absolute atomic E-state index is 0.120. The Morgan fingerprint density at radius 1 is 1.50 bits per heavy atom. The topological polar surface area (TPSA) is 42.4 Å². The average Bonchev–Trinajstić information content (AvgIpc) is 2.93. The van der Waals surface area contributed by atoms with Gasteiger partial charge in [0.1, 0.15) is 4.88 Å². The van der Waals surface area contributed by atoms with Gasteiger partial charge in [0.25, 0.3) is 5.91 Å². The van der Waals surface area contributed by atoms with Crippen molar-refractivity contribution in [1.82, 2.24) is 9.88 Å². The van der Waals surface area contributed by atoms with Gasteiger partial charge in [-0.15, -0.1) is 11.3 Å². The molecule has 0 unspecified atom stereocenters. The summed E-state index contributed by atoms with van der Waals surface area (Å²) >= 11 is 1.50. The fourth-order valence-corrected chi connectivity index (χ4v) is 4.19. The first-order chi connectivity index (χ1) is 9.54. The van der Waals surface area contributed by atoms with E-state index in [-0.39, 0.29) is 11.4 Å². The Morgan fingerprint density at radius 2 is 2.25 bits per heavy atom. The van der Waals surface area contributed by atoms with E-state index in [1.54, 1.807) is 7.11 Å². The lowest BCUT2D eigenvalue weighted by atomic mass is 9.91. The van der Waals surface area contributed by atoms with Crippen LogP contribution >= 0.6 is 11.3 Å². The Labute approximate surface area is 125 Å². The molecule has 0 spiro atoms. The van der Waals surface area contributed by atoms with Crippen molar-refractivity contribution in [2.24, 2.45) is 0 Å². The molecule has 2 heterocycles. The third-order valence-electron chi connectivity index (χ3n) is 4.07. The van der Waals surface area contributed by atoms with Gasteiger partial charge in [-0.25, -0.2) is 4.98 Å². The lowest BCUT2D eigenvalue weighted by Gasteiger charge is -2.38. The van der Waals surface area contributed by atoms with Crippen molar-refractivity contribution in [3.8, 4) is 0 Å². The smallest absolute Gasteiger partial charge is 0.266 e. The molecule has 1 fully saturated rings. The number of carbonyl (C=O) groups excluding carboxylic acids is 1. The van der Waals surface area contributed by atoms with Crippen molar-refractivity contribution in [2.75, 3.05) is 20.3 Å². The highest BCUT2D eigenvalue weighted by molar-refractivity contribution is 7.13. The van der Waals surface area contributed by atoms with Gasteiger partial charge in [-0.05, 0) is 33.1 Å². The number of methoxy groups -OCH3 is 1. The van der Waals surface area contributed by atoms with Gasteiger partial charge in [-0.1, -0.05) is 13.3 Å². The number of carbonyl (C=O) groups is 1. The Bertz CT molecular complexity index is 478. The Morgan fingerprint density at radius 3 is 2.80 bits per heavy atom. The summed E-state index contributed by atoms with van der Waals surface area (Å²) < 4.78 is 5.43. The van der Waals surface area contributed by atoms with E-state index in [0.717, 1.165) is 47.8 Å². The summed E-state index contributed by atoms with van der Waals surface area (Å²) in [6.45, 7) is 7.50.